The van der Waals surface area contributed by atoms with E-state index in [1.165, 1.54) is 0 Å². The number of anilines is 1. The number of halogens is 1. The molecule has 0 bridgehead atoms. The molecule has 0 aromatic heterocycles. The lowest BCUT2D eigenvalue weighted by atomic mass is 10.1. The van der Waals surface area contributed by atoms with Gasteiger partial charge in [0.2, 0.25) is 11.8 Å². The SMILES string of the molecule is Cc1ccc(Cl)cc1N1CCN(C(=O)[C@@H]2CCC(=O)NC(=O)N2)CC1. The predicted octanol–water partition coefficient (Wildman–Crippen LogP) is 1.29. The number of hydrogen-bond acceptors (Lipinski definition) is 4. The molecule has 1 aromatic carbocycles. The van der Waals surface area contributed by atoms with E-state index in [0.29, 0.717) is 37.6 Å². The Bertz CT molecular complexity index is 701. The number of rotatable bonds is 2. The van der Waals surface area contributed by atoms with Gasteiger partial charge < -0.3 is 15.1 Å². The lowest BCUT2D eigenvalue weighted by molar-refractivity contribution is -0.133. The highest BCUT2D eigenvalue weighted by molar-refractivity contribution is 6.30. The molecule has 0 unspecified atom stereocenters. The Kier molecular flexibility index (Phi) is 5.13. The van der Waals surface area contributed by atoms with Gasteiger partial charge >= 0.3 is 6.03 Å². The first-order chi connectivity index (χ1) is 11.9. The number of carbonyl (C=O) groups is 3. The van der Waals surface area contributed by atoms with E-state index in [4.69, 9.17) is 11.6 Å². The maximum atomic E-state index is 12.7. The standard InChI is InChI=1S/C17H21ClN4O3/c1-11-2-3-12(18)10-14(11)21-6-8-22(9-7-21)16(24)13-4-5-15(23)20-17(25)19-13/h2-3,10,13H,4-9H2,1H3,(H2,19,20,23,25)/t13-/m0/s1. The second-order valence-corrected chi connectivity index (χ2v) is 6.79. The van der Waals surface area contributed by atoms with Crippen molar-refractivity contribution in [2.75, 3.05) is 31.1 Å². The van der Waals surface area contributed by atoms with Gasteiger partial charge in [0.1, 0.15) is 6.04 Å². The number of carbonyl (C=O) groups excluding carboxylic acids is 3. The largest absolute Gasteiger partial charge is 0.368 e. The fourth-order valence-electron chi connectivity index (χ4n) is 3.23. The monoisotopic (exact) mass is 364 g/mol. The zero-order chi connectivity index (χ0) is 18.0. The summed E-state index contributed by atoms with van der Waals surface area (Å²) in [6.45, 7) is 4.57. The van der Waals surface area contributed by atoms with Crippen molar-refractivity contribution in [3.05, 3.63) is 28.8 Å². The van der Waals surface area contributed by atoms with Crippen LogP contribution in [-0.2, 0) is 9.59 Å². The highest BCUT2D eigenvalue weighted by Gasteiger charge is 2.31. The van der Waals surface area contributed by atoms with Gasteiger partial charge in [0.25, 0.3) is 0 Å². The molecule has 2 aliphatic heterocycles. The summed E-state index contributed by atoms with van der Waals surface area (Å²) in [6.07, 6.45) is 0.487. The number of imide groups is 1. The molecule has 1 aromatic rings. The minimum absolute atomic E-state index is 0.132. The summed E-state index contributed by atoms with van der Waals surface area (Å²) < 4.78 is 0. The average Bonchev–Trinajstić information content (AvgIpc) is 2.77. The smallest absolute Gasteiger partial charge is 0.322 e. The highest BCUT2D eigenvalue weighted by Crippen LogP contribution is 2.25. The summed E-state index contributed by atoms with van der Waals surface area (Å²) in [6, 6.07) is 4.54. The average molecular weight is 365 g/mol. The number of urea groups is 1. The number of benzene rings is 1. The van der Waals surface area contributed by atoms with Crippen LogP contribution in [0.2, 0.25) is 5.02 Å². The number of nitrogens with one attached hydrogen (secondary N) is 2. The minimum Gasteiger partial charge on any atom is -0.368 e. The van der Waals surface area contributed by atoms with Gasteiger partial charge in [-0.1, -0.05) is 17.7 Å². The van der Waals surface area contributed by atoms with E-state index in [1.54, 1.807) is 4.90 Å². The summed E-state index contributed by atoms with van der Waals surface area (Å²) in [7, 11) is 0. The van der Waals surface area contributed by atoms with Crippen molar-refractivity contribution in [2.45, 2.75) is 25.8 Å². The number of amides is 4. The first-order valence-corrected chi connectivity index (χ1v) is 8.72. The summed E-state index contributed by atoms with van der Waals surface area (Å²) >= 11 is 6.09. The molecule has 134 valence electrons. The van der Waals surface area contributed by atoms with Crippen LogP contribution in [0.5, 0.6) is 0 Å². The van der Waals surface area contributed by atoms with Crippen LogP contribution in [0.3, 0.4) is 0 Å². The van der Waals surface area contributed by atoms with Crippen LogP contribution >= 0.6 is 11.6 Å². The normalized spacial score (nSPS) is 21.4. The summed E-state index contributed by atoms with van der Waals surface area (Å²) in [4.78, 5) is 39.6. The molecular weight excluding hydrogens is 344 g/mol. The third kappa shape index (κ3) is 4.04. The molecule has 0 saturated carbocycles. The van der Waals surface area contributed by atoms with Crippen molar-refractivity contribution in [3.63, 3.8) is 0 Å². The molecule has 8 heteroatoms. The predicted molar refractivity (Wildman–Crippen MR) is 94.7 cm³/mol. The Morgan fingerprint density at radius 1 is 1.20 bits per heavy atom. The van der Waals surface area contributed by atoms with E-state index in [2.05, 4.69) is 15.5 Å². The summed E-state index contributed by atoms with van der Waals surface area (Å²) in [5.74, 6) is -0.485. The van der Waals surface area contributed by atoms with Crippen molar-refractivity contribution in [1.82, 2.24) is 15.5 Å². The van der Waals surface area contributed by atoms with Gasteiger partial charge in [-0.3, -0.25) is 14.9 Å². The Morgan fingerprint density at radius 3 is 2.64 bits per heavy atom. The van der Waals surface area contributed by atoms with Crippen molar-refractivity contribution >= 4 is 35.1 Å². The number of nitrogens with zero attached hydrogens (tertiary/aromatic N) is 2. The lowest BCUT2D eigenvalue weighted by Crippen LogP contribution is -2.55. The zero-order valence-electron chi connectivity index (χ0n) is 14.0. The minimum atomic E-state index is -0.647. The number of piperazine rings is 1. The Balaban J connectivity index is 1.61. The molecule has 0 radical (unpaired) electrons. The number of aryl methyl sites for hydroxylation is 1. The van der Waals surface area contributed by atoms with Crippen LogP contribution < -0.4 is 15.5 Å². The topological polar surface area (TPSA) is 81.8 Å². The molecule has 25 heavy (non-hydrogen) atoms. The highest BCUT2D eigenvalue weighted by atomic mass is 35.5. The van der Waals surface area contributed by atoms with Crippen molar-refractivity contribution in [3.8, 4) is 0 Å². The van der Waals surface area contributed by atoms with Crippen LogP contribution in [0.25, 0.3) is 0 Å². The van der Waals surface area contributed by atoms with Gasteiger partial charge in [0, 0.05) is 43.3 Å². The second kappa shape index (κ2) is 7.31. The van der Waals surface area contributed by atoms with Crippen LogP contribution in [0.4, 0.5) is 10.5 Å². The fraction of sp³-hybridized carbons (Fsp3) is 0.471. The molecule has 2 fully saturated rings. The van der Waals surface area contributed by atoms with Gasteiger partial charge in [-0.25, -0.2) is 4.79 Å². The Labute approximate surface area is 151 Å². The van der Waals surface area contributed by atoms with Gasteiger partial charge in [0.05, 0.1) is 0 Å². The molecule has 0 aliphatic carbocycles. The third-order valence-electron chi connectivity index (χ3n) is 4.62. The van der Waals surface area contributed by atoms with Gasteiger partial charge in [-0.05, 0) is 31.0 Å². The first-order valence-electron chi connectivity index (χ1n) is 8.34. The molecule has 2 heterocycles. The summed E-state index contributed by atoms with van der Waals surface area (Å²) in [5.41, 5.74) is 2.22. The van der Waals surface area contributed by atoms with E-state index in [9.17, 15) is 14.4 Å². The van der Waals surface area contributed by atoms with Crippen LogP contribution in [0, 0.1) is 6.92 Å². The van der Waals surface area contributed by atoms with Gasteiger partial charge in [-0.15, -0.1) is 0 Å². The van der Waals surface area contributed by atoms with Crippen molar-refractivity contribution < 1.29 is 14.4 Å². The van der Waals surface area contributed by atoms with Crippen molar-refractivity contribution in [2.24, 2.45) is 0 Å². The first kappa shape index (κ1) is 17.5. The molecule has 7 nitrogen and oxygen atoms in total. The van der Waals surface area contributed by atoms with E-state index >= 15 is 0 Å². The zero-order valence-corrected chi connectivity index (χ0v) is 14.8. The third-order valence-corrected chi connectivity index (χ3v) is 4.85. The maximum Gasteiger partial charge on any atom is 0.322 e. The fourth-order valence-corrected chi connectivity index (χ4v) is 3.39. The van der Waals surface area contributed by atoms with E-state index in [1.807, 2.05) is 25.1 Å². The molecule has 0 spiro atoms. The van der Waals surface area contributed by atoms with Crippen LogP contribution in [0.1, 0.15) is 18.4 Å². The quantitative estimate of drug-likeness (QED) is 0.828. The van der Waals surface area contributed by atoms with Gasteiger partial charge in [-0.2, -0.15) is 0 Å². The van der Waals surface area contributed by atoms with E-state index in [-0.39, 0.29) is 18.2 Å². The second-order valence-electron chi connectivity index (χ2n) is 6.36. The molecule has 1 atom stereocenters. The molecule has 2 saturated heterocycles. The van der Waals surface area contributed by atoms with E-state index in [0.717, 1.165) is 11.3 Å². The molecule has 4 amide bonds. The Hall–Kier alpha value is -2.28. The molecule has 3 rings (SSSR count). The molecule has 2 N–H and O–H groups in total. The van der Waals surface area contributed by atoms with Crippen LogP contribution in [0.15, 0.2) is 18.2 Å². The molecule has 2 aliphatic rings. The molecular formula is C17H21ClN4O3. The summed E-state index contributed by atoms with van der Waals surface area (Å²) in [5, 5.41) is 5.45. The lowest BCUT2D eigenvalue weighted by Gasteiger charge is -2.38. The van der Waals surface area contributed by atoms with Crippen molar-refractivity contribution in [1.29, 1.82) is 0 Å². The Morgan fingerprint density at radius 2 is 1.92 bits per heavy atom. The van der Waals surface area contributed by atoms with Crippen LogP contribution in [-0.4, -0.2) is 55.0 Å². The maximum absolute atomic E-state index is 12.7. The number of hydrogen-bond donors (Lipinski definition) is 2. The van der Waals surface area contributed by atoms with E-state index < -0.39 is 12.1 Å². The van der Waals surface area contributed by atoms with Gasteiger partial charge in [0.15, 0.2) is 0 Å².